The number of fused-ring (bicyclic) bond motifs is 1. The summed E-state index contributed by atoms with van der Waals surface area (Å²) < 4.78 is 1.67. The first kappa shape index (κ1) is 14.8. The number of nitrogens with zero attached hydrogens (tertiary/aromatic N) is 5. The van der Waals surface area contributed by atoms with Crippen molar-refractivity contribution in [2.45, 2.75) is 25.8 Å². The molecule has 3 aromatic rings. The van der Waals surface area contributed by atoms with Gasteiger partial charge in [0.2, 0.25) is 5.95 Å². The quantitative estimate of drug-likeness (QED) is 0.725. The third-order valence-electron chi connectivity index (χ3n) is 4.59. The van der Waals surface area contributed by atoms with Crippen LogP contribution in [0, 0.1) is 6.92 Å². The van der Waals surface area contributed by atoms with Crippen LogP contribution in [-0.2, 0) is 7.05 Å². The maximum absolute atomic E-state index is 12.7. The second kappa shape index (κ2) is 5.70. The van der Waals surface area contributed by atoms with E-state index in [0.29, 0.717) is 11.3 Å². The first-order valence-corrected chi connectivity index (χ1v) is 8.16. The Kier molecular flexibility index (Phi) is 3.52. The molecule has 0 radical (unpaired) electrons. The molecule has 0 spiro atoms. The summed E-state index contributed by atoms with van der Waals surface area (Å²) in [4.78, 5) is 28.5. The minimum atomic E-state index is -0.00715. The SMILES string of the molecule is Cc1cnc(N2CCCC2c2nc3ccccc3c(=O)n2C)nc1. The molecule has 6 heteroatoms. The van der Waals surface area contributed by atoms with E-state index < -0.39 is 0 Å². The summed E-state index contributed by atoms with van der Waals surface area (Å²) in [6.07, 6.45) is 5.62. The molecule has 3 heterocycles. The first-order chi connectivity index (χ1) is 11.6. The van der Waals surface area contributed by atoms with E-state index >= 15 is 0 Å². The molecule has 1 aliphatic heterocycles. The van der Waals surface area contributed by atoms with Crippen LogP contribution in [0.25, 0.3) is 10.9 Å². The summed E-state index contributed by atoms with van der Waals surface area (Å²) in [5.74, 6) is 1.48. The Hall–Kier alpha value is -2.76. The van der Waals surface area contributed by atoms with Gasteiger partial charge in [-0.3, -0.25) is 9.36 Å². The van der Waals surface area contributed by atoms with Crippen LogP contribution in [0.4, 0.5) is 5.95 Å². The van der Waals surface area contributed by atoms with Crippen LogP contribution in [0.2, 0.25) is 0 Å². The monoisotopic (exact) mass is 321 g/mol. The fourth-order valence-corrected chi connectivity index (χ4v) is 3.34. The number of anilines is 1. The van der Waals surface area contributed by atoms with E-state index in [1.807, 2.05) is 43.6 Å². The number of aryl methyl sites for hydroxylation is 1. The Labute approximate surface area is 139 Å². The fourth-order valence-electron chi connectivity index (χ4n) is 3.34. The van der Waals surface area contributed by atoms with Gasteiger partial charge in [0.25, 0.3) is 5.56 Å². The molecule has 1 atom stereocenters. The summed E-state index contributed by atoms with van der Waals surface area (Å²) in [6, 6.07) is 7.52. The third kappa shape index (κ3) is 2.35. The molecule has 0 N–H and O–H groups in total. The lowest BCUT2D eigenvalue weighted by atomic mass is 10.1. The van der Waals surface area contributed by atoms with E-state index in [9.17, 15) is 4.79 Å². The molecule has 0 aliphatic carbocycles. The lowest BCUT2D eigenvalue weighted by molar-refractivity contribution is 0.603. The highest BCUT2D eigenvalue weighted by Gasteiger charge is 2.31. The number of hydrogen-bond donors (Lipinski definition) is 0. The van der Waals surface area contributed by atoms with Gasteiger partial charge in [0, 0.05) is 26.0 Å². The van der Waals surface area contributed by atoms with Crippen molar-refractivity contribution >= 4 is 16.9 Å². The maximum Gasteiger partial charge on any atom is 0.261 e. The van der Waals surface area contributed by atoms with E-state index in [4.69, 9.17) is 4.98 Å². The zero-order valence-electron chi connectivity index (χ0n) is 13.8. The number of benzene rings is 1. The van der Waals surface area contributed by atoms with E-state index in [0.717, 1.165) is 36.3 Å². The molecule has 0 amide bonds. The molecule has 4 rings (SSSR count). The number of aromatic nitrogens is 4. The number of rotatable bonds is 2. The molecule has 0 saturated carbocycles. The average molecular weight is 321 g/mol. The Morgan fingerprint density at radius 2 is 1.92 bits per heavy atom. The van der Waals surface area contributed by atoms with Crippen molar-refractivity contribution in [3.05, 3.63) is 58.4 Å². The van der Waals surface area contributed by atoms with Gasteiger partial charge in [-0.05, 0) is 37.5 Å². The smallest absolute Gasteiger partial charge is 0.261 e. The van der Waals surface area contributed by atoms with Gasteiger partial charge in [0.05, 0.1) is 16.9 Å². The Morgan fingerprint density at radius 1 is 1.17 bits per heavy atom. The van der Waals surface area contributed by atoms with Crippen molar-refractivity contribution in [2.75, 3.05) is 11.4 Å². The predicted molar refractivity (Wildman–Crippen MR) is 93.1 cm³/mol. The van der Waals surface area contributed by atoms with Gasteiger partial charge in [0.1, 0.15) is 5.82 Å². The predicted octanol–water partition coefficient (Wildman–Crippen LogP) is 2.37. The van der Waals surface area contributed by atoms with Crippen molar-refractivity contribution < 1.29 is 0 Å². The Bertz CT molecular complexity index is 948. The minimum absolute atomic E-state index is 0.00715. The molecule has 1 unspecified atom stereocenters. The van der Waals surface area contributed by atoms with Crippen LogP contribution in [-0.4, -0.2) is 26.1 Å². The largest absolute Gasteiger partial charge is 0.331 e. The molecule has 1 aliphatic rings. The van der Waals surface area contributed by atoms with E-state index in [1.54, 1.807) is 11.6 Å². The van der Waals surface area contributed by atoms with Crippen LogP contribution in [0.3, 0.4) is 0 Å². The van der Waals surface area contributed by atoms with Gasteiger partial charge >= 0.3 is 0 Å². The van der Waals surface area contributed by atoms with Crippen molar-refractivity contribution in [1.29, 1.82) is 0 Å². The molecular formula is C18H19N5O. The third-order valence-corrected chi connectivity index (χ3v) is 4.59. The summed E-state index contributed by atoms with van der Waals surface area (Å²) in [6.45, 7) is 2.84. The molecule has 1 fully saturated rings. The van der Waals surface area contributed by atoms with Crippen molar-refractivity contribution in [3.8, 4) is 0 Å². The highest BCUT2D eigenvalue weighted by atomic mass is 16.1. The second-order valence-corrected chi connectivity index (χ2v) is 6.26. The summed E-state index contributed by atoms with van der Waals surface area (Å²) in [7, 11) is 1.80. The van der Waals surface area contributed by atoms with Crippen molar-refractivity contribution in [3.63, 3.8) is 0 Å². The molecule has 6 nitrogen and oxygen atoms in total. The zero-order chi connectivity index (χ0) is 16.7. The lowest BCUT2D eigenvalue weighted by Crippen LogP contribution is -2.31. The lowest BCUT2D eigenvalue weighted by Gasteiger charge is -2.25. The highest BCUT2D eigenvalue weighted by molar-refractivity contribution is 5.77. The van der Waals surface area contributed by atoms with Crippen LogP contribution < -0.4 is 10.5 Å². The Balaban J connectivity index is 1.82. The molecule has 24 heavy (non-hydrogen) atoms. The molecular weight excluding hydrogens is 302 g/mol. The number of hydrogen-bond acceptors (Lipinski definition) is 5. The number of para-hydroxylation sites is 1. The first-order valence-electron chi connectivity index (χ1n) is 8.16. The van der Waals surface area contributed by atoms with Gasteiger partial charge in [0.15, 0.2) is 0 Å². The topological polar surface area (TPSA) is 63.9 Å². The van der Waals surface area contributed by atoms with Gasteiger partial charge in [-0.1, -0.05) is 12.1 Å². The average Bonchev–Trinajstić information content (AvgIpc) is 3.08. The molecule has 2 aromatic heterocycles. The van der Waals surface area contributed by atoms with Gasteiger partial charge in [-0.25, -0.2) is 15.0 Å². The zero-order valence-corrected chi connectivity index (χ0v) is 13.8. The molecule has 1 aromatic carbocycles. The molecule has 122 valence electrons. The molecule has 0 bridgehead atoms. The van der Waals surface area contributed by atoms with E-state index in [1.165, 1.54) is 0 Å². The van der Waals surface area contributed by atoms with Crippen LogP contribution in [0.1, 0.15) is 30.3 Å². The van der Waals surface area contributed by atoms with E-state index in [2.05, 4.69) is 14.9 Å². The van der Waals surface area contributed by atoms with Crippen LogP contribution in [0.15, 0.2) is 41.5 Å². The van der Waals surface area contributed by atoms with Crippen LogP contribution >= 0.6 is 0 Å². The maximum atomic E-state index is 12.7. The van der Waals surface area contributed by atoms with E-state index in [-0.39, 0.29) is 11.6 Å². The van der Waals surface area contributed by atoms with Crippen molar-refractivity contribution in [1.82, 2.24) is 19.5 Å². The van der Waals surface area contributed by atoms with Gasteiger partial charge in [-0.2, -0.15) is 0 Å². The molecule has 1 saturated heterocycles. The van der Waals surface area contributed by atoms with Gasteiger partial charge in [-0.15, -0.1) is 0 Å². The van der Waals surface area contributed by atoms with Crippen LogP contribution in [0.5, 0.6) is 0 Å². The standard InChI is InChI=1S/C18H19N5O/c1-12-10-19-18(20-11-12)23-9-5-8-15(23)16-21-14-7-4-3-6-13(14)17(24)22(16)2/h3-4,6-7,10-11,15H,5,8-9H2,1-2H3. The highest BCUT2D eigenvalue weighted by Crippen LogP contribution is 2.33. The van der Waals surface area contributed by atoms with Gasteiger partial charge < -0.3 is 4.90 Å². The van der Waals surface area contributed by atoms with Crippen molar-refractivity contribution in [2.24, 2.45) is 7.05 Å². The fraction of sp³-hybridized carbons (Fsp3) is 0.333. The summed E-state index contributed by atoms with van der Waals surface area (Å²) >= 11 is 0. The normalized spacial score (nSPS) is 17.6. The summed E-state index contributed by atoms with van der Waals surface area (Å²) in [5.41, 5.74) is 1.77. The minimum Gasteiger partial charge on any atom is -0.331 e. The summed E-state index contributed by atoms with van der Waals surface area (Å²) in [5, 5.41) is 0.653. The Morgan fingerprint density at radius 3 is 2.71 bits per heavy atom. The second-order valence-electron chi connectivity index (χ2n) is 6.26.